The molecule has 1 N–H and O–H groups in total. The van der Waals surface area contributed by atoms with Gasteiger partial charge in [0.2, 0.25) is 0 Å². The standard InChI is InChI=1S/C10H11IOSe/c1-8-2-4-10(5-3-8)13-7-9(11)6-12/h2-5,7,12H,6H2,1H3/b9-7-. The molecular formula is C10H11IOSe. The van der Waals surface area contributed by atoms with E-state index in [1.165, 1.54) is 10.0 Å². The molecule has 3 heteroatoms. The van der Waals surface area contributed by atoms with Crippen molar-refractivity contribution in [2.45, 2.75) is 6.92 Å². The van der Waals surface area contributed by atoms with Crippen molar-refractivity contribution in [3.63, 3.8) is 0 Å². The third-order valence-corrected chi connectivity index (χ3v) is 5.08. The van der Waals surface area contributed by atoms with E-state index < -0.39 is 0 Å². The molecule has 0 heterocycles. The molecule has 1 rings (SSSR count). The van der Waals surface area contributed by atoms with Crippen molar-refractivity contribution in [3.8, 4) is 0 Å². The molecule has 13 heavy (non-hydrogen) atoms. The molecule has 0 aliphatic carbocycles. The molecule has 0 saturated carbocycles. The van der Waals surface area contributed by atoms with Crippen LogP contribution in [0.4, 0.5) is 0 Å². The van der Waals surface area contributed by atoms with Crippen LogP contribution in [0, 0.1) is 6.92 Å². The van der Waals surface area contributed by atoms with E-state index in [2.05, 4.69) is 58.8 Å². The number of rotatable bonds is 3. The van der Waals surface area contributed by atoms with E-state index in [0.717, 1.165) is 3.58 Å². The van der Waals surface area contributed by atoms with Crippen LogP contribution in [0.3, 0.4) is 0 Å². The molecule has 0 bridgehead atoms. The average Bonchev–Trinajstić information content (AvgIpc) is 2.16. The number of halogens is 1. The monoisotopic (exact) mass is 354 g/mol. The normalized spacial score (nSPS) is 11.8. The van der Waals surface area contributed by atoms with Crippen LogP contribution in [0.25, 0.3) is 0 Å². The van der Waals surface area contributed by atoms with Crippen molar-refractivity contribution in [1.29, 1.82) is 0 Å². The summed E-state index contributed by atoms with van der Waals surface area (Å²) in [6, 6.07) is 8.54. The molecule has 0 saturated heterocycles. The Balaban J connectivity index is 2.60. The first-order valence-electron chi connectivity index (χ1n) is 3.91. The van der Waals surface area contributed by atoms with E-state index in [4.69, 9.17) is 5.11 Å². The van der Waals surface area contributed by atoms with Gasteiger partial charge in [-0.2, -0.15) is 0 Å². The molecule has 0 aromatic heterocycles. The maximum absolute atomic E-state index is 8.79. The number of aliphatic hydroxyl groups excluding tert-OH is 1. The van der Waals surface area contributed by atoms with Crippen LogP contribution in [0.2, 0.25) is 0 Å². The van der Waals surface area contributed by atoms with Gasteiger partial charge in [-0.25, -0.2) is 0 Å². The van der Waals surface area contributed by atoms with E-state index in [1.807, 2.05) is 0 Å². The van der Waals surface area contributed by atoms with Gasteiger partial charge in [-0.15, -0.1) is 0 Å². The molecular weight excluding hydrogens is 342 g/mol. The molecule has 0 atom stereocenters. The van der Waals surface area contributed by atoms with Crippen molar-refractivity contribution in [3.05, 3.63) is 38.4 Å². The number of hydrogen-bond acceptors (Lipinski definition) is 1. The third kappa shape index (κ3) is 4.27. The molecule has 70 valence electrons. The quantitative estimate of drug-likeness (QED) is 0.647. The third-order valence-electron chi connectivity index (χ3n) is 1.49. The molecule has 0 spiro atoms. The van der Waals surface area contributed by atoms with Gasteiger partial charge in [-0.1, -0.05) is 0 Å². The SMILES string of the molecule is Cc1ccc([Se]/C=C(\I)CO)cc1. The van der Waals surface area contributed by atoms with Gasteiger partial charge in [0.15, 0.2) is 0 Å². The van der Waals surface area contributed by atoms with Gasteiger partial charge < -0.3 is 0 Å². The van der Waals surface area contributed by atoms with E-state index in [-0.39, 0.29) is 6.61 Å². The topological polar surface area (TPSA) is 20.2 Å². The molecule has 1 aromatic carbocycles. The van der Waals surface area contributed by atoms with Crippen LogP contribution in [-0.4, -0.2) is 26.7 Å². The maximum atomic E-state index is 8.79. The van der Waals surface area contributed by atoms with Gasteiger partial charge in [-0.3, -0.25) is 0 Å². The van der Waals surface area contributed by atoms with Gasteiger partial charge in [0.05, 0.1) is 0 Å². The molecule has 1 nitrogen and oxygen atoms in total. The van der Waals surface area contributed by atoms with Crippen molar-refractivity contribution in [1.82, 2.24) is 0 Å². The molecule has 0 fully saturated rings. The summed E-state index contributed by atoms with van der Waals surface area (Å²) in [7, 11) is 0. The fourth-order valence-corrected chi connectivity index (χ4v) is 2.77. The Morgan fingerprint density at radius 2 is 2.08 bits per heavy atom. The van der Waals surface area contributed by atoms with Gasteiger partial charge >= 0.3 is 99.0 Å². The van der Waals surface area contributed by atoms with Crippen molar-refractivity contribution in [2.24, 2.45) is 0 Å². The summed E-state index contributed by atoms with van der Waals surface area (Å²) in [5, 5.41) is 8.79. The Kier molecular flexibility index (Phi) is 5.02. The Bertz CT molecular complexity index is 292. The van der Waals surface area contributed by atoms with E-state index in [0.29, 0.717) is 15.0 Å². The average molecular weight is 353 g/mol. The second-order valence-corrected chi connectivity index (χ2v) is 6.02. The Hall–Kier alpha value is 0.169. The zero-order chi connectivity index (χ0) is 9.68. The zero-order valence-electron chi connectivity index (χ0n) is 7.33. The Labute approximate surface area is 98.5 Å². The summed E-state index contributed by atoms with van der Waals surface area (Å²) in [5.74, 6) is 0. The predicted octanol–water partition coefficient (Wildman–Crippen LogP) is 1.59. The fourth-order valence-electron chi connectivity index (χ4n) is 0.786. The zero-order valence-corrected chi connectivity index (χ0v) is 11.2. The summed E-state index contributed by atoms with van der Waals surface area (Å²) in [5.41, 5.74) is 1.29. The van der Waals surface area contributed by atoms with Crippen LogP contribution >= 0.6 is 22.6 Å². The molecule has 1 aromatic rings. The van der Waals surface area contributed by atoms with Gasteiger partial charge in [-0.05, 0) is 0 Å². The number of aliphatic hydroxyl groups is 1. The molecule has 0 aliphatic rings. The van der Waals surface area contributed by atoms with Gasteiger partial charge in [0, 0.05) is 0 Å². The fraction of sp³-hybridized carbons (Fsp3) is 0.200. The van der Waals surface area contributed by atoms with Crippen LogP contribution in [0.1, 0.15) is 5.56 Å². The van der Waals surface area contributed by atoms with Gasteiger partial charge in [0.25, 0.3) is 0 Å². The number of hydrogen-bond donors (Lipinski definition) is 1. The predicted molar refractivity (Wildman–Crippen MR) is 65.8 cm³/mol. The molecule has 0 radical (unpaired) electrons. The first kappa shape index (κ1) is 11.2. The van der Waals surface area contributed by atoms with E-state index >= 15 is 0 Å². The summed E-state index contributed by atoms with van der Waals surface area (Å²) >= 11 is 2.52. The van der Waals surface area contributed by atoms with Crippen molar-refractivity contribution < 1.29 is 5.11 Å². The molecule has 0 aliphatic heterocycles. The van der Waals surface area contributed by atoms with Crippen LogP contribution < -0.4 is 4.46 Å². The van der Waals surface area contributed by atoms with Crippen molar-refractivity contribution >= 4 is 42.0 Å². The number of aryl methyl sites for hydroxylation is 1. The second-order valence-electron chi connectivity index (χ2n) is 2.65. The Morgan fingerprint density at radius 3 is 2.62 bits per heavy atom. The van der Waals surface area contributed by atoms with E-state index in [1.54, 1.807) is 0 Å². The Morgan fingerprint density at radius 1 is 1.46 bits per heavy atom. The minimum absolute atomic E-state index is 0.161. The second kappa shape index (κ2) is 5.81. The van der Waals surface area contributed by atoms with Crippen LogP contribution in [0.15, 0.2) is 32.8 Å². The van der Waals surface area contributed by atoms with Gasteiger partial charge in [0.1, 0.15) is 0 Å². The first-order valence-corrected chi connectivity index (χ1v) is 6.83. The molecule has 0 unspecified atom stereocenters. The summed E-state index contributed by atoms with van der Waals surface area (Å²) in [4.78, 5) is 2.11. The van der Waals surface area contributed by atoms with Crippen LogP contribution in [-0.2, 0) is 0 Å². The minimum atomic E-state index is 0.161. The first-order chi connectivity index (χ1) is 6.22. The summed E-state index contributed by atoms with van der Waals surface area (Å²) < 4.78 is 2.37. The van der Waals surface area contributed by atoms with Crippen molar-refractivity contribution in [2.75, 3.05) is 6.61 Å². The van der Waals surface area contributed by atoms with E-state index in [9.17, 15) is 0 Å². The van der Waals surface area contributed by atoms with Crippen LogP contribution in [0.5, 0.6) is 0 Å². The number of benzene rings is 1. The molecule has 0 amide bonds. The summed E-state index contributed by atoms with van der Waals surface area (Å²) in [6.45, 7) is 2.25. The summed E-state index contributed by atoms with van der Waals surface area (Å²) in [6.07, 6.45) is 0.